The first-order valence-corrected chi connectivity index (χ1v) is 16.9. The lowest BCUT2D eigenvalue weighted by molar-refractivity contribution is -0.135. The SMILES string of the molecule is Cc1cc(C[C@@H](NC(=O)N2CCC(=C3C=c4ccccc4=NC3=O)CC2)C(=O)N2CCN(C3CCN(C)CC3)CC2)cc2cn[nH]c12.Cl. The number of aromatic nitrogens is 2. The number of carbonyl (C=O) groups excluding carboxylic acids is 3. The molecule has 3 aromatic rings. The molecule has 0 radical (unpaired) electrons. The van der Waals surface area contributed by atoms with Crippen LogP contribution in [0.15, 0.2) is 58.7 Å². The van der Waals surface area contributed by atoms with E-state index in [-0.39, 0.29) is 30.3 Å². The molecular weight excluding hydrogens is 628 g/mol. The number of urea groups is 1. The minimum atomic E-state index is -0.690. The third-order valence-corrected chi connectivity index (χ3v) is 10.4. The summed E-state index contributed by atoms with van der Waals surface area (Å²) in [4.78, 5) is 53.6. The van der Waals surface area contributed by atoms with Gasteiger partial charge in [0.15, 0.2) is 0 Å². The molecule has 1 aromatic heterocycles. The van der Waals surface area contributed by atoms with Crippen LogP contribution in [0.25, 0.3) is 17.0 Å². The summed E-state index contributed by atoms with van der Waals surface area (Å²) in [6, 6.07) is 11.4. The molecule has 2 N–H and O–H groups in total. The van der Waals surface area contributed by atoms with Crippen LogP contribution in [-0.4, -0.2) is 119 Å². The number of benzene rings is 2. The van der Waals surface area contributed by atoms with Gasteiger partial charge < -0.3 is 20.0 Å². The van der Waals surface area contributed by atoms with Gasteiger partial charge in [-0.15, -0.1) is 12.4 Å². The Balaban J connectivity index is 0.00000401. The van der Waals surface area contributed by atoms with E-state index in [0.29, 0.717) is 62.4 Å². The molecule has 4 amide bonds. The molecule has 2 aromatic carbocycles. The van der Waals surface area contributed by atoms with Crippen molar-refractivity contribution in [2.45, 2.75) is 51.1 Å². The summed E-state index contributed by atoms with van der Waals surface area (Å²) < 4.78 is 0. The molecule has 7 rings (SSSR count). The molecule has 254 valence electrons. The maximum Gasteiger partial charge on any atom is 0.318 e. The molecule has 11 nitrogen and oxygen atoms in total. The molecule has 0 aliphatic carbocycles. The van der Waals surface area contributed by atoms with Gasteiger partial charge in [-0.2, -0.15) is 5.10 Å². The predicted octanol–water partition coefficient (Wildman–Crippen LogP) is 2.19. The predicted molar refractivity (Wildman–Crippen MR) is 187 cm³/mol. The molecular formula is C36H45ClN8O3. The topological polar surface area (TPSA) is 117 Å². The monoisotopic (exact) mass is 672 g/mol. The highest BCUT2D eigenvalue weighted by molar-refractivity contribution is 6.04. The first kappa shape index (κ1) is 33.8. The Morgan fingerprint density at radius 2 is 1.71 bits per heavy atom. The van der Waals surface area contributed by atoms with Crippen molar-refractivity contribution in [3.63, 3.8) is 0 Å². The highest BCUT2D eigenvalue weighted by Gasteiger charge is 2.33. The van der Waals surface area contributed by atoms with Gasteiger partial charge in [-0.1, -0.05) is 29.8 Å². The van der Waals surface area contributed by atoms with Crippen molar-refractivity contribution >= 4 is 47.2 Å². The van der Waals surface area contributed by atoms with Gasteiger partial charge in [-0.25, -0.2) is 9.79 Å². The van der Waals surface area contributed by atoms with Crippen LogP contribution < -0.4 is 15.9 Å². The standard InChI is InChI=1S/C36H44N8O3.ClH/c1-24-19-25(20-28-23-37-40-33(24)28)21-32(35(46)43-17-15-42(16-18-43)29-9-11-41(2)12-10-29)39-36(47)44-13-7-26(8-14-44)30-22-27-5-3-4-6-31(27)38-34(30)45;/h3-6,19-20,22-23,29,32H,7-18,21H2,1-2H3,(H,37,40)(H,39,47);1H/t32-;/m1./s1. The van der Waals surface area contributed by atoms with E-state index in [1.54, 1.807) is 11.1 Å². The number of hydrogen-bond acceptors (Lipinski definition) is 6. The molecule has 5 heterocycles. The molecule has 0 saturated carbocycles. The number of hydrogen-bond donors (Lipinski definition) is 2. The molecule has 12 heteroatoms. The van der Waals surface area contributed by atoms with Crippen molar-refractivity contribution in [2.24, 2.45) is 4.99 Å². The summed E-state index contributed by atoms with van der Waals surface area (Å²) in [5, 5.41) is 13.0. The highest BCUT2D eigenvalue weighted by Crippen LogP contribution is 2.24. The molecule has 0 unspecified atom stereocenters. The summed E-state index contributed by atoms with van der Waals surface area (Å²) in [5.41, 5.74) is 4.69. The molecule has 4 aliphatic heterocycles. The fraction of sp³-hybridized carbons (Fsp3) is 0.472. The highest BCUT2D eigenvalue weighted by atomic mass is 35.5. The summed E-state index contributed by atoms with van der Waals surface area (Å²) in [6.07, 6.45) is 7.64. The van der Waals surface area contributed by atoms with Crippen LogP contribution in [0.3, 0.4) is 0 Å². The normalized spacial score (nSPS) is 20.1. The number of para-hydroxylation sites is 1. The average molecular weight is 673 g/mol. The first-order valence-electron chi connectivity index (χ1n) is 16.9. The van der Waals surface area contributed by atoms with Crippen LogP contribution in [-0.2, 0) is 16.0 Å². The fourth-order valence-corrected chi connectivity index (χ4v) is 7.59. The van der Waals surface area contributed by atoms with Gasteiger partial charge in [0.25, 0.3) is 5.91 Å². The number of carbonyl (C=O) groups is 3. The first-order chi connectivity index (χ1) is 22.8. The molecule has 3 saturated heterocycles. The maximum absolute atomic E-state index is 14.1. The van der Waals surface area contributed by atoms with Gasteiger partial charge in [0.1, 0.15) is 6.04 Å². The van der Waals surface area contributed by atoms with E-state index in [1.807, 2.05) is 42.2 Å². The van der Waals surface area contributed by atoms with Crippen molar-refractivity contribution in [3.8, 4) is 0 Å². The number of fused-ring (bicyclic) bond motifs is 2. The lowest BCUT2D eigenvalue weighted by Gasteiger charge is -2.43. The number of piperidine rings is 2. The van der Waals surface area contributed by atoms with Crippen LogP contribution in [0.2, 0.25) is 0 Å². The van der Waals surface area contributed by atoms with Crippen molar-refractivity contribution in [1.82, 2.24) is 35.1 Å². The third-order valence-electron chi connectivity index (χ3n) is 10.4. The summed E-state index contributed by atoms with van der Waals surface area (Å²) in [6.45, 7) is 8.26. The van der Waals surface area contributed by atoms with Crippen molar-refractivity contribution in [3.05, 3.63) is 75.4 Å². The van der Waals surface area contributed by atoms with Gasteiger partial charge in [-0.05, 0) is 82.1 Å². The zero-order chi connectivity index (χ0) is 32.5. The van der Waals surface area contributed by atoms with E-state index in [1.165, 1.54) is 12.8 Å². The second kappa shape index (κ2) is 14.6. The van der Waals surface area contributed by atoms with Crippen LogP contribution in [0.5, 0.6) is 0 Å². The number of amides is 4. The van der Waals surface area contributed by atoms with Gasteiger partial charge in [-0.3, -0.25) is 19.6 Å². The number of aromatic amines is 1. The Morgan fingerprint density at radius 1 is 0.979 bits per heavy atom. The van der Waals surface area contributed by atoms with Crippen LogP contribution in [0, 0.1) is 6.92 Å². The van der Waals surface area contributed by atoms with Gasteiger partial charge in [0.05, 0.1) is 17.1 Å². The summed E-state index contributed by atoms with van der Waals surface area (Å²) >= 11 is 0. The fourth-order valence-electron chi connectivity index (χ4n) is 7.59. The molecule has 3 fully saturated rings. The summed E-state index contributed by atoms with van der Waals surface area (Å²) in [7, 11) is 2.18. The van der Waals surface area contributed by atoms with Crippen molar-refractivity contribution in [2.75, 3.05) is 59.4 Å². The number of piperazine rings is 1. The summed E-state index contributed by atoms with van der Waals surface area (Å²) in [5.74, 6) is -0.253. The largest absolute Gasteiger partial charge is 0.338 e. The zero-order valence-electron chi connectivity index (χ0n) is 27.8. The average Bonchev–Trinajstić information content (AvgIpc) is 3.57. The van der Waals surface area contributed by atoms with E-state index < -0.39 is 6.04 Å². The number of nitrogens with zero attached hydrogens (tertiary/aromatic N) is 6. The maximum atomic E-state index is 14.1. The van der Waals surface area contributed by atoms with E-state index in [9.17, 15) is 14.4 Å². The Kier molecular flexibility index (Phi) is 10.3. The molecule has 48 heavy (non-hydrogen) atoms. The minimum absolute atomic E-state index is 0. The van der Waals surface area contributed by atoms with Crippen LogP contribution in [0.1, 0.15) is 36.8 Å². The number of H-pyrrole nitrogens is 1. The van der Waals surface area contributed by atoms with Crippen LogP contribution >= 0.6 is 12.4 Å². The van der Waals surface area contributed by atoms with Gasteiger partial charge in [0.2, 0.25) is 5.91 Å². The Bertz CT molecular complexity index is 1830. The molecule has 0 bridgehead atoms. The third kappa shape index (κ3) is 7.18. The minimum Gasteiger partial charge on any atom is -0.338 e. The number of halogens is 1. The van der Waals surface area contributed by atoms with E-state index in [2.05, 4.69) is 49.5 Å². The lowest BCUT2D eigenvalue weighted by atomic mass is 9.95. The van der Waals surface area contributed by atoms with Gasteiger partial charge in [0, 0.05) is 67.9 Å². The number of nitrogens with one attached hydrogen (secondary N) is 2. The second-order valence-electron chi connectivity index (χ2n) is 13.5. The van der Waals surface area contributed by atoms with Crippen molar-refractivity contribution in [1.29, 1.82) is 0 Å². The number of rotatable bonds is 5. The van der Waals surface area contributed by atoms with Gasteiger partial charge >= 0.3 is 6.03 Å². The second-order valence-corrected chi connectivity index (χ2v) is 13.5. The molecule has 4 aliphatic rings. The quantitative estimate of drug-likeness (QED) is 0.402. The lowest BCUT2D eigenvalue weighted by Crippen LogP contribution is -2.59. The van der Waals surface area contributed by atoms with E-state index in [0.717, 1.165) is 59.0 Å². The Morgan fingerprint density at radius 3 is 2.46 bits per heavy atom. The van der Waals surface area contributed by atoms with E-state index in [4.69, 9.17) is 0 Å². The van der Waals surface area contributed by atoms with Crippen molar-refractivity contribution < 1.29 is 14.4 Å². The zero-order valence-corrected chi connectivity index (χ0v) is 28.6. The Labute approximate surface area is 287 Å². The van der Waals surface area contributed by atoms with Crippen LogP contribution in [0.4, 0.5) is 4.79 Å². The molecule has 1 atom stereocenters. The number of likely N-dealkylation sites (tertiary alicyclic amines) is 2. The number of aryl methyl sites for hydroxylation is 1. The smallest absolute Gasteiger partial charge is 0.318 e. The van der Waals surface area contributed by atoms with E-state index >= 15 is 0 Å². The Hall–Kier alpha value is -4.06. The molecule has 0 spiro atoms.